The van der Waals surface area contributed by atoms with E-state index >= 15 is 0 Å². The van der Waals surface area contributed by atoms with Gasteiger partial charge in [-0.3, -0.25) is 0 Å². The van der Waals surface area contributed by atoms with Crippen LogP contribution in [0.5, 0.6) is 0 Å². The summed E-state index contributed by atoms with van der Waals surface area (Å²) in [6.45, 7) is 0.583. The Hall–Kier alpha value is -2.13. The van der Waals surface area contributed by atoms with Crippen LogP contribution in [0.15, 0.2) is 48.5 Å². The first-order valence-corrected chi connectivity index (χ1v) is 7.13. The van der Waals surface area contributed by atoms with Crippen LogP contribution in [0.3, 0.4) is 0 Å². The fourth-order valence-electron chi connectivity index (χ4n) is 2.74. The van der Waals surface area contributed by atoms with Crippen molar-refractivity contribution < 1.29 is 0 Å². The van der Waals surface area contributed by atoms with Gasteiger partial charge in [-0.1, -0.05) is 36.4 Å². The minimum absolute atomic E-state index is 0.583. The molecule has 1 aliphatic carbocycles. The molecule has 0 aliphatic heterocycles. The maximum Gasteiger partial charge on any atom is 0.141 e. The highest BCUT2D eigenvalue weighted by molar-refractivity contribution is 5.81. The second kappa shape index (κ2) is 4.46. The lowest BCUT2D eigenvalue weighted by molar-refractivity contribution is 0.775. The summed E-state index contributed by atoms with van der Waals surface area (Å²) in [4.78, 5) is 4.83. The standard InChI is InChI=1S/C17H17N3/c18-11-12-5-7-13(8-6-12)17-19-15-3-1-2-4-16(15)20(17)14-9-10-14/h1-8,14H,9-11,18H2. The van der Waals surface area contributed by atoms with Crippen molar-refractivity contribution in [3.05, 3.63) is 54.1 Å². The monoisotopic (exact) mass is 263 g/mol. The van der Waals surface area contributed by atoms with Gasteiger partial charge >= 0.3 is 0 Å². The van der Waals surface area contributed by atoms with Crippen molar-refractivity contribution in [3.63, 3.8) is 0 Å². The zero-order chi connectivity index (χ0) is 13.5. The molecule has 0 bridgehead atoms. The lowest BCUT2D eigenvalue weighted by atomic mass is 10.1. The van der Waals surface area contributed by atoms with E-state index < -0.39 is 0 Å². The Balaban J connectivity index is 1.91. The third kappa shape index (κ3) is 1.82. The molecule has 3 nitrogen and oxygen atoms in total. The largest absolute Gasteiger partial charge is 0.326 e. The van der Waals surface area contributed by atoms with Gasteiger partial charge in [-0.15, -0.1) is 0 Å². The molecular weight excluding hydrogens is 246 g/mol. The van der Waals surface area contributed by atoms with Gasteiger partial charge in [0.15, 0.2) is 0 Å². The summed E-state index contributed by atoms with van der Waals surface area (Å²) in [7, 11) is 0. The van der Waals surface area contributed by atoms with Gasteiger partial charge in [0.1, 0.15) is 5.82 Å². The Bertz CT molecular complexity index is 752. The van der Waals surface area contributed by atoms with Gasteiger partial charge in [0.05, 0.1) is 11.0 Å². The summed E-state index contributed by atoms with van der Waals surface area (Å²) in [5, 5.41) is 0. The van der Waals surface area contributed by atoms with Crippen LogP contribution in [0.1, 0.15) is 24.4 Å². The number of para-hydroxylation sites is 2. The maximum atomic E-state index is 5.67. The molecule has 3 aromatic rings. The number of rotatable bonds is 3. The highest BCUT2D eigenvalue weighted by atomic mass is 15.1. The number of hydrogen-bond donors (Lipinski definition) is 1. The van der Waals surface area contributed by atoms with Crippen LogP contribution < -0.4 is 5.73 Å². The van der Waals surface area contributed by atoms with E-state index in [0.717, 1.165) is 16.9 Å². The number of hydrogen-bond acceptors (Lipinski definition) is 2. The fourth-order valence-corrected chi connectivity index (χ4v) is 2.74. The van der Waals surface area contributed by atoms with Gasteiger partial charge < -0.3 is 10.3 Å². The molecule has 1 fully saturated rings. The average Bonchev–Trinajstić information content (AvgIpc) is 3.27. The molecule has 1 saturated carbocycles. The molecule has 1 aromatic heterocycles. The minimum Gasteiger partial charge on any atom is -0.326 e. The van der Waals surface area contributed by atoms with Crippen molar-refractivity contribution in [2.45, 2.75) is 25.4 Å². The molecule has 3 heteroatoms. The van der Waals surface area contributed by atoms with Gasteiger partial charge in [-0.25, -0.2) is 4.98 Å². The van der Waals surface area contributed by atoms with Gasteiger partial charge in [-0.2, -0.15) is 0 Å². The van der Waals surface area contributed by atoms with Crippen molar-refractivity contribution in [3.8, 4) is 11.4 Å². The van der Waals surface area contributed by atoms with Crippen molar-refractivity contribution in [2.24, 2.45) is 5.73 Å². The molecule has 0 saturated heterocycles. The predicted molar refractivity (Wildman–Crippen MR) is 81.3 cm³/mol. The topological polar surface area (TPSA) is 43.8 Å². The van der Waals surface area contributed by atoms with Gasteiger partial charge in [0, 0.05) is 18.2 Å². The molecule has 2 aromatic carbocycles. The summed E-state index contributed by atoms with van der Waals surface area (Å²) in [5.74, 6) is 1.08. The molecule has 0 atom stereocenters. The zero-order valence-electron chi connectivity index (χ0n) is 11.3. The Morgan fingerprint density at radius 3 is 2.50 bits per heavy atom. The Labute approximate surface area is 118 Å². The number of nitrogens with two attached hydrogens (primary N) is 1. The highest BCUT2D eigenvalue weighted by Crippen LogP contribution is 2.41. The molecule has 0 radical (unpaired) electrons. The smallest absolute Gasteiger partial charge is 0.141 e. The molecule has 1 aliphatic rings. The first kappa shape index (κ1) is 11.7. The zero-order valence-corrected chi connectivity index (χ0v) is 11.3. The van der Waals surface area contributed by atoms with Gasteiger partial charge in [0.2, 0.25) is 0 Å². The van der Waals surface area contributed by atoms with Crippen molar-refractivity contribution in [1.82, 2.24) is 9.55 Å². The molecule has 4 rings (SSSR count). The Kier molecular flexibility index (Phi) is 2.60. The van der Waals surface area contributed by atoms with E-state index in [1.165, 1.54) is 23.9 Å². The third-order valence-electron chi connectivity index (χ3n) is 3.96. The normalized spacial score (nSPS) is 14.8. The summed E-state index contributed by atoms with van der Waals surface area (Å²) >= 11 is 0. The molecule has 1 heterocycles. The molecule has 0 amide bonds. The molecular formula is C17H17N3. The average molecular weight is 263 g/mol. The molecule has 2 N–H and O–H groups in total. The van der Waals surface area contributed by atoms with E-state index in [1.54, 1.807) is 0 Å². The number of imidazole rings is 1. The van der Waals surface area contributed by atoms with Crippen LogP contribution >= 0.6 is 0 Å². The van der Waals surface area contributed by atoms with Crippen molar-refractivity contribution >= 4 is 11.0 Å². The predicted octanol–water partition coefficient (Wildman–Crippen LogP) is 3.50. The van der Waals surface area contributed by atoms with Crippen LogP contribution in [-0.2, 0) is 6.54 Å². The summed E-state index contributed by atoms with van der Waals surface area (Å²) < 4.78 is 2.40. The van der Waals surface area contributed by atoms with E-state index in [2.05, 4.69) is 47.0 Å². The van der Waals surface area contributed by atoms with E-state index in [0.29, 0.717) is 12.6 Å². The highest BCUT2D eigenvalue weighted by Gasteiger charge is 2.28. The molecule has 0 spiro atoms. The van der Waals surface area contributed by atoms with Crippen LogP contribution in [0.2, 0.25) is 0 Å². The van der Waals surface area contributed by atoms with E-state index in [4.69, 9.17) is 10.7 Å². The van der Waals surface area contributed by atoms with Crippen LogP contribution in [0.25, 0.3) is 22.4 Å². The van der Waals surface area contributed by atoms with E-state index in [1.807, 2.05) is 6.07 Å². The second-order valence-electron chi connectivity index (χ2n) is 5.43. The van der Waals surface area contributed by atoms with Crippen molar-refractivity contribution in [1.29, 1.82) is 0 Å². The summed E-state index contributed by atoms with van der Waals surface area (Å²) in [5.41, 5.74) is 10.3. The van der Waals surface area contributed by atoms with E-state index in [-0.39, 0.29) is 0 Å². The molecule has 0 unspecified atom stereocenters. The number of benzene rings is 2. The number of nitrogens with zero attached hydrogens (tertiary/aromatic N) is 2. The number of fused-ring (bicyclic) bond motifs is 1. The van der Waals surface area contributed by atoms with E-state index in [9.17, 15) is 0 Å². The van der Waals surface area contributed by atoms with Crippen LogP contribution in [0.4, 0.5) is 0 Å². The first-order valence-electron chi connectivity index (χ1n) is 7.13. The summed E-state index contributed by atoms with van der Waals surface area (Å²) in [6.07, 6.45) is 2.52. The second-order valence-corrected chi connectivity index (χ2v) is 5.43. The Morgan fingerprint density at radius 2 is 1.80 bits per heavy atom. The minimum atomic E-state index is 0.583. The molecule has 20 heavy (non-hydrogen) atoms. The van der Waals surface area contributed by atoms with Gasteiger partial charge in [-0.05, 0) is 30.5 Å². The maximum absolute atomic E-state index is 5.67. The molecule has 100 valence electrons. The fraction of sp³-hybridized carbons (Fsp3) is 0.235. The summed E-state index contributed by atoms with van der Waals surface area (Å²) in [6, 6.07) is 17.4. The SMILES string of the molecule is NCc1ccc(-c2nc3ccccc3n2C2CC2)cc1. The van der Waals surface area contributed by atoms with Crippen molar-refractivity contribution in [2.75, 3.05) is 0 Å². The third-order valence-corrected chi connectivity index (χ3v) is 3.96. The van der Waals surface area contributed by atoms with Crippen LogP contribution in [-0.4, -0.2) is 9.55 Å². The Morgan fingerprint density at radius 1 is 1.05 bits per heavy atom. The van der Waals surface area contributed by atoms with Crippen LogP contribution in [0, 0.1) is 0 Å². The van der Waals surface area contributed by atoms with Gasteiger partial charge in [0.25, 0.3) is 0 Å². The number of aromatic nitrogens is 2. The first-order chi connectivity index (χ1) is 9.86. The lowest BCUT2D eigenvalue weighted by Gasteiger charge is -2.08. The lowest BCUT2D eigenvalue weighted by Crippen LogP contribution is -1.98. The quantitative estimate of drug-likeness (QED) is 0.786.